The van der Waals surface area contributed by atoms with Crippen LogP contribution in [-0.2, 0) is 39.4 Å². The monoisotopic (exact) mass is 545 g/mol. The van der Waals surface area contributed by atoms with Crippen molar-refractivity contribution in [3.63, 3.8) is 0 Å². The fourth-order valence-corrected chi connectivity index (χ4v) is 4.26. The number of hydrogen-bond acceptors (Lipinski definition) is 10. The van der Waals surface area contributed by atoms with Crippen molar-refractivity contribution in [2.75, 3.05) is 19.0 Å². The summed E-state index contributed by atoms with van der Waals surface area (Å²) in [4.78, 5) is 28.7. The van der Waals surface area contributed by atoms with E-state index in [2.05, 4.69) is 10.3 Å². The molecule has 0 saturated heterocycles. The molecule has 1 atom stereocenters. The van der Waals surface area contributed by atoms with Crippen LogP contribution >= 0.6 is 0 Å². The molecular formula is C20H23N3O11S2. The van der Waals surface area contributed by atoms with Crippen molar-refractivity contribution in [2.45, 2.75) is 25.0 Å². The van der Waals surface area contributed by atoms with Gasteiger partial charge in [-0.25, -0.2) is 18.2 Å². The average Bonchev–Trinajstić information content (AvgIpc) is 2.77. The predicted octanol–water partition coefficient (Wildman–Crippen LogP) is 1.91. The fraction of sp³-hybridized carbons (Fsp3) is 0.250. The van der Waals surface area contributed by atoms with E-state index in [4.69, 9.17) is 31.7 Å². The molecule has 1 aliphatic heterocycles. The van der Waals surface area contributed by atoms with E-state index in [1.54, 1.807) is 37.3 Å². The van der Waals surface area contributed by atoms with Gasteiger partial charge < -0.3 is 19.5 Å². The van der Waals surface area contributed by atoms with Gasteiger partial charge in [-0.15, -0.1) is 0 Å². The van der Waals surface area contributed by atoms with Crippen LogP contribution in [0.4, 0.5) is 10.6 Å². The Labute approximate surface area is 207 Å². The molecule has 3 N–H and O–H groups in total. The number of fused-ring (bicyclic) bond motifs is 1. The number of sulfonamides is 1. The molecule has 196 valence electrons. The van der Waals surface area contributed by atoms with Gasteiger partial charge in [-0.1, -0.05) is 18.2 Å². The second-order valence-corrected chi connectivity index (χ2v) is 9.58. The van der Waals surface area contributed by atoms with E-state index >= 15 is 0 Å². The van der Waals surface area contributed by atoms with Gasteiger partial charge in [0.25, 0.3) is 15.9 Å². The summed E-state index contributed by atoms with van der Waals surface area (Å²) < 4.78 is 73.9. The Morgan fingerprint density at radius 1 is 1.14 bits per heavy atom. The zero-order valence-electron chi connectivity index (χ0n) is 19.2. The molecule has 1 aromatic heterocycles. The molecule has 0 bridgehead atoms. The molecule has 36 heavy (non-hydrogen) atoms. The Kier molecular flexibility index (Phi) is 9.35. The third-order valence-corrected chi connectivity index (χ3v) is 6.05. The van der Waals surface area contributed by atoms with Crippen molar-refractivity contribution in [1.29, 1.82) is 0 Å². The summed E-state index contributed by atoms with van der Waals surface area (Å²) in [7, 11) is -7.46. The van der Waals surface area contributed by atoms with Crippen LogP contribution < -0.4 is 5.32 Å². The third kappa shape index (κ3) is 7.64. The van der Waals surface area contributed by atoms with Gasteiger partial charge in [0.15, 0.2) is 11.5 Å². The van der Waals surface area contributed by atoms with E-state index in [9.17, 15) is 18.0 Å². The molecule has 16 heteroatoms. The van der Waals surface area contributed by atoms with E-state index in [1.165, 1.54) is 32.3 Å². The molecule has 3 rings (SSSR count). The number of hydrogen-bond donors (Lipinski definition) is 3. The summed E-state index contributed by atoms with van der Waals surface area (Å²) in [5.41, 5.74) is -0.130. The van der Waals surface area contributed by atoms with Gasteiger partial charge in [0.2, 0.25) is 6.29 Å². The van der Waals surface area contributed by atoms with Crippen LogP contribution in [0.3, 0.4) is 0 Å². The largest absolute Gasteiger partial charge is 0.511 e. The molecule has 1 aromatic carbocycles. The lowest BCUT2D eigenvalue weighted by molar-refractivity contribution is -0.114. The molecule has 0 saturated carbocycles. The second kappa shape index (κ2) is 11.8. The molecule has 1 amide bonds. The summed E-state index contributed by atoms with van der Waals surface area (Å²) in [5.74, 6) is -0.615. The topological polar surface area (TPSA) is 199 Å². The first-order valence-corrected chi connectivity index (χ1v) is 12.8. The number of carbonyl (C=O) groups excluding carboxylic acids is 2. The average molecular weight is 546 g/mol. The summed E-state index contributed by atoms with van der Waals surface area (Å²) in [6.07, 6.45) is -0.651. The molecule has 2 heterocycles. The highest BCUT2D eigenvalue weighted by atomic mass is 32.3. The summed E-state index contributed by atoms with van der Waals surface area (Å²) in [6.45, 7) is 3.15. The first-order valence-electron chi connectivity index (χ1n) is 10.0. The maximum Gasteiger partial charge on any atom is 0.511 e. The van der Waals surface area contributed by atoms with Crippen LogP contribution in [0.1, 0.15) is 19.4 Å². The number of anilines is 1. The van der Waals surface area contributed by atoms with Crippen molar-refractivity contribution in [1.82, 2.24) is 9.29 Å². The summed E-state index contributed by atoms with van der Waals surface area (Å²) >= 11 is 0. The Bertz CT molecular complexity index is 1340. The van der Waals surface area contributed by atoms with Gasteiger partial charge in [-0.3, -0.25) is 18.2 Å². The van der Waals surface area contributed by atoms with Crippen LogP contribution in [0.25, 0.3) is 5.76 Å². The van der Waals surface area contributed by atoms with Gasteiger partial charge in [0.1, 0.15) is 5.82 Å². The number of rotatable bonds is 6. The van der Waals surface area contributed by atoms with Crippen LogP contribution in [0.5, 0.6) is 0 Å². The van der Waals surface area contributed by atoms with Crippen LogP contribution in [0.15, 0.2) is 59.3 Å². The molecular weight excluding hydrogens is 522 g/mol. The number of ether oxygens (including phenoxy) is 3. The van der Waals surface area contributed by atoms with Crippen molar-refractivity contribution < 1.29 is 49.7 Å². The third-order valence-electron chi connectivity index (χ3n) is 4.23. The highest BCUT2D eigenvalue weighted by Crippen LogP contribution is 2.37. The Morgan fingerprint density at radius 2 is 1.75 bits per heavy atom. The zero-order valence-corrected chi connectivity index (χ0v) is 20.8. The standard InChI is InChI=1S/C20H21N3O7S.H2O4S/c1-4-28-20(25)30-13(2)29-18-14-9-5-6-10-15(14)31(26,27)23(3)17(18)19(24)22-16-11-7-8-12-21-16;1-5(2,3)4/h5-13H,4H2,1-3H3,(H,21,22,24);(H2,1,2,3,4). The van der Waals surface area contributed by atoms with Crippen molar-refractivity contribution >= 4 is 44.1 Å². The number of amides is 1. The second-order valence-electron chi connectivity index (χ2n) is 6.75. The lowest BCUT2D eigenvalue weighted by Gasteiger charge is -2.31. The van der Waals surface area contributed by atoms with Crippen molar-refractivity contribution in [2.24, 2.45) is 0 Å². The summed E-state index contributed by atoms with van der Waals surface area (Å²) in [6, 6.07) is 10.9. The number of nitrogens with one attached hydrogen (secondary N) is 1. The van der Waals surface area contributed by atoms with E-state index in [-0.39, 0.29) is 34.3 Å². The highest BCUT2D eigenvalue weighted by Gasteiger charge is 2.39. The van der Waals surface area contributed by atoms with Crippen LogP contribution in [-0.4, -0.2) is 67.2 Å². The molecule has 0 aliphatic carbocycles. The Hall–Kier alpha value is -3.73. The van der Waals surface area contributed by atoms with Gasteiger partial charge in [0, 0.05) is 25.7 Å². The number of likely N-dealkylation sites (N-methyl/N-ethyl adjacent to an activating group) is 1. The molecule has 1 unspecified atom stereocenters. The molecule has 0 spiro atoms. The quantitative estimate of drug-likeness (QED) is 0.271. The highest BCUT2D eigenvalue weighted by molar-refractivity contribution is 7.89. The van der Waals surface area contributed by atoms with E-state index in [0.717, 1.165) is 4.31 Å². The van der Waals surface area contributed by atoms with Gasteiger partial charge in [-0.2, -0.15) is 8.42 Å². The van der Waals surface area contributed by atoms with Gasteiger partial charge >= 0.3 is 16.6 Å². The maximum absolute atomic E-state index is 13.1. The number of carbonyl (C=O) groups is 2. The Balaban J connectivity index is 0.000000830. The number of benzene rings is 1. The van der Waals surface area contributed by atoms with Gasteiger partial charge in [0.05, 0.1) is 11.5 Å². The van der Waals surface area contributed by atoms with Crippen molar-refractivity contribution in [3.05, 3.63) is 59.9 Å². The lowest BCUT2D eigenvalue weighted by atomic mass is 10.1. The summed E-state index contributed by atoms with van der Waals surface area (Å²) in [5, 5.41) is 2.55. The lowest BCUT2D eigenvalue weighted by Crippen LogP contribution is -2.38. The van der Waals surface area contributed by atoms with E-state index < -0.39 is 38.8 Å². The Morgan fingerprint density at radius 3 is 2.33 bits per heavy atom. The minimum atomic E-state index is -4.67. The van der Waals surface area contributed by atoms with Crippen LogP contribution in [0.2, 0.25) is 0 Å². The first kappa shape index (κ1) is 28.5. The van der Waals surface area contributed by atoms with Crippen LogP contribution in [0, 0.1) is 0 Å². The zero-order chi connectivity index (χ0) is 27.1. The number of pyridine rings is 1. The minimum absolute atomic E-state index is 0.0507. The SMILES string of the molecule is CCOC(=O)OC(C)OC1=C(C(=O)Nc2ccccn2)N(C)S(=O)(=O)c2ccccc21.O=S(=O)(O)O. The maximum atomic E-state index is 13.1. The molecule has 14 nitrogen and oxygen atoms in total. The number of aromatic nitrogens is 1. The fourth-order valence-electron chi connectivity index (χ4n) is 2.87. The normalized spacial score (nSPS) is 15.0. The molecule has 0 radical (unpaired) electrons. The molecule has 2 aromatic rings. The van der Waals surface area contributed by atoms with E-state index in [0.29, 0.717) is 0 Å². The smallest absolute Gasteiger partial charge is 0.452 e. The molecule has 0 fully saturated rings. The van der Waals surface area contributed by atoms with Crippen molar-refractivity contribution in [3.8, 4) is 0 Å². The minimum Gasteiger partial charge on any atom is -0.452 e. The van der Waals surface area contributed by atoms with E-state index in [1.807, 2.05) is 0 Å². The number of nitrogens with zero attached hydrogens (tertiary/aromatic N) is 2. The van der Waals surface area contributed by atoms with Gasteiger partial charge in [-0.05, 0) is 31.2 Å². The predicted molar refractivity (Wildman–Crippen MR) is 124 cm³/mol. The molecule has 1 aliphatic rings. The first-order chi connectivity index (χ1) is 16.8.